The number of piperidine rings is 1. The van der Waals surface area contributed by atoms with Crippen LogP contribution in [0.25, 0.3) is 0 Å². The fraction of sp³-hybridized carbons (Fsp3) is 0.900. The van der Waals surface area contributed by atoms with Crippen LogP contribution >= 0.6 is 0 Å². The van der Waals surface area contributed by atoms with Crippen LogP contribution in [0, 0.1) is 0 Å². The summed E-state index contributed by atoms with van der Waals surface area (Å²) in [6, 6.07) is -0.907. The van der Waals surface area contributed by atoms with Gasteiger partial charge in [0, 0.05) is 13.2 Å². The monoisotopic (exact) mass is 265 g/mol. The van der Waals surface area contributed by atoms with Crippen LogP contribution in [0.3, 0.4) is 0 Å². The van der Waals surface area contributed by atoms with E-state index in [1.807, 2.05) is 0 Å². The molecule has 0 radical (unpaired) electrons. The smallest absolute Gasteiger partial charge is 0.322 e. The van der Waals surface area contributed by atoms with E-state index in [1.54, 1.807) is 6.92 Å². The summed E-state index contributed by atoms with van der Waals surface area (Å²) in [5.41, 5.74) is 0. The molecule has 100 valence electrons. The van der Waals surface area contributed by atoms with Crippen LogP contribution in [0.2, 0.25) is 0 Å². The molecule has 0 aliphatic carbocycles. The topological polar surface area (TPSA) is 83.9 Å². The number of carbonyl (C=O) groups is 1. The van der Waals surface area contributed by atoms with E-state index in [2.05, 4.69) is 0 Å². The Hall–Kier alpha value is -0.660. The van der Waals surface area contributed by atoms with Crippen LogP contribution in [0.5, 0.6) is 0 Å². The number of ether oxygens (including phenoxy) is 1. The van der Waals surface area contributed by atoms with E-state index in [0.29, 0.717) is 19.6 Å². The number of rotatable bonds is 6. The number of nitrogens with zero attached hydrogens (tertiary/aromatic N) is 1. The molecule has 17 heavy (non-hydrogen) atoms. The zero-order chi connectivity index (χ0) is 12.9. The van der Waals surface area contributed by atoms with E-state index in [9.17, 15) is 13.2 Å². The largest absolute Gasteiger partial charge is 0.480 e. The molecule has 7 heteroatoms. The van der Waals surface area contributed by atoms with Gasteiger partial charge in [-0.3, -0.25) is 4.79 Å². The Kier molecular flexibility index (Phi) is 5.35. The second kappa shape index (κ2) is 6.32. The van der Waals surface area contributed by atoms with Crippen LogP contribution in [-0.4, -0.2) is 55.4 Å². The highest BCUT2D eigenvalue weighted by molar-refractivity contribution is 7.89. The van der Waals surface area contributed by atoms with Gasteiger partial charge in [0.1, 0.15) is 6.04 Å². The highest BCUT2D eigenvalue weighted by Gasteiger charge is 2.36. The quantitative estimate of drug-likeness (QED) is 0.698. The first-order chi connectivity index (χ1) is 7.99. The zero-order valence-electron chi connectivity index (χ0n) is 9.96. The predicted octanol–water partition coefficient (Wildman–Crippen LogP) is 0.292. The first-order valence-corrected chi connectivity index (χ1v) is 7.40. The molecule has 0 unspecified atom stereocenters. The van der Waals surface area contributed by atoms with E-state index in [4.69, 9.17) is 9.84 Å². The van der Waals surface area contributed by atoms with Crippen molar-refractivity contribution in [2.24, 2.45) is 0 Å². The Bertz CT molecular complexity index is 354. The lowest BCUT2D eigenvalue weighted by Gasteiger charge is -2.31. The Morgan fingerprint density at radius 1 is 1.47 bits per heavy atom. The van der Waals surface area contributed by atoms with Gasteiger partial charge < -0.3 is 9.84 Å². The summed E-state index contributed by atoms with van der Waals surface area (Å²) in [6.45, 7) is 2.65. The highest BCUT2D eigenvalue weighted by Crippen LogP contribution is 2.20. The molecule has 0 aromatic carbocycles. The summed E-state index contributed by atoms with van der Waals surface area (Å²) in [5, 5.41) is 9.01. The van der Waals surface area contributed by atoms with Crippen molar-refractivity contribution in [2.75, 3.05) is 25.5 Å². The molecule has 0 bridgehead atoms. The van der Waals surface area contributed by atoms with Crippen LogP contribution in [-0.2, 0) is 19.6 Å². The maximum Gasteiger partial charge on any atom is 0.322 e. The number of carboxylic acids is 1. The van der Waals surface area contributed by atoms with Crippen LogP contribution in [0.15, 0.2) is 0 Å². The second-order valence-electron chi connectivity index (χ2n) is 3.97. The normalized spacial score (nSPS) is 22.5. The van der Waals surface area contributed by atoms with Gasteiger partial charge in [-0.05, 0) is 26.2 Å². The number of sulfonamides is 1. The molecule has 1 heterocycles. The van der Waals surface area contributed by atoms with Crippen molar-refractivity contribution in [3.8, 4) is 0 Å². The lowest BCUT2D eigenvalue weighted by Crippen LogP contribution is -2.49. The average Bonchev–Trinajstić information content (AvgIpc) is 2.29. The summed E-state index contributed by atoms with van der Waals surface area (Å²) < 4.78 is 30.0. The molecular weight excluding hydrogens is 246 g/mol. The lowest BCUT2D eigenvalue weighted by molar-refractivity contribution is -0.142. The molecule has 1 aliphatic rings. The summed E-state index contributed by atoms with van der Waals surface area (Å²) in [6.07, 6.45) is 1.87. The fourth-order valence-corrected chi connectivity index (χ4v) is 3.46. The minimum Gasteiger partial charge on any atom is -0.480 e. The molecule has 1 atom stereocenters. The maximum atomic E-state index is 12.0. The number of carboxylic acid groups (broad SMARTS) is 1. The average molecular weight is 265 g/mol. The van der Waals surface area contributed by atoms with Crippen LogP contribution in [0.4, 0.5) is 0 Å². The van der Waals surface area contributed by atoms with Gasteiger partial charge in [-0.1, -0.05) is 0 Å². The number of aliphatic carboxylic acids is 1. The van der Waals surface area contributed by atoms with Crippen LogP contribution < -0.4 is 0 Å². The van der Waals surface area contributed by atoms with Gasteiger partial charge in [0.15, 0.2) is 0 Å². The van der Waals surface area contributed by atoms with Crippen molar-refractivity contribution in [1.29, 1.82) is 0 Å². The Balaban J connectivity index is 2.69. The van der Waals surface area contributed by atoms with Gasteiger partial charge >= 0.3 is 5.97 Å². The molecule has 1 saturated heterocycles. The molecule has 1 fully saturated rings. The molecule has 1 N–H and O–H groups in total. The van der Waals surface area contributed by atoms with E-state index >= 15 is 0 Å². The maximum absolute atomic E-state index is 12.0. The molecule has 6 nitrogen and oxygen atoms in total. The third-order valence-electron chi connectivity index (χ3n) is 2.79. The third kappa shape index (κ3) is 3.93. The first kappa shape index (κ1) is 14.4. The van der Waals surface area contributed by atoms with Crippen molar-refractivity contribution in [3.63, 3.8) is 0 Å². The molecular formula is C10H19NO5S. The van der Waals surface area contributed by atoms with Gasteiger partial charge in [-0.2, -0.15) is 4.31 Å². The van der Waals surface area contributed by atoms with Crippen LogP contribution in [0.1, 0.15) is 26.2 Å². The van der Waals surface area contributed by atoms with Crippen molar-refractivity contribution in [2.45, 2.75) is 32.2 Å². The Morgan fingerprint density at radius 3 is 2.76 bits per heavy atom. The van der Waals surface area contributed by atoms with E-state index in [1.165, 1.54) is 0 Å². The highest BCUT2D eigenvalue weighted by atomic mass is 32.2. The number of hydrogen-bond donors (Lipinski definition) is 1. The standard InChI is InChI=1S/C10H19NO5S/c1-2-16-7-8-17(14,15)11-6-4-3-5-9(11)10(12)13/h9H,2-8H2,1H3,(H,12,13)/t9-/m1/s1. The minimum atomic E-state index is -3.52. The lowest BCUT2D eigenvalue weighted by atomic mass is 10.1. The van der Waals surface area contributed by atoms with Gasteiger partial charge in [-0.15, -0.1) is 0 Å². The number of hydrogen-bond acceptors (Lipinski definition) is 4. The van der Waals surface area contributed by atoms with Crippen molar-refractivity contribution >= 4 is 16.0 Å². The Morgan fingerprint density at radius 2 is 2.18 bits per heavy atom. The second-order valence-corrected chi connectivity index (χ2v) is 6.01. The summed E-state index contributed by atoms with van der Waals surface area (Å²) in [4.78, 5) is 11.0. The molecule has 1 aliphatic heterocycles. The first-order valence-electron chi connectivity index (χ1n) is 5.79. The summed E-state index contributed by atoms with van der Waals surface area (Å²) in [7, 11) is -3.52. The molecule has 0 saturated carbocycles. The third-order valence-corrected chi connectivity index (χ3v) is 4.62. The van der Waals surface area contributed by atoms with Crippen molar-refractivity contribution in [1.82, 2.24) is 4.31 Å². The van der Waals surface area contributed by atoms with Gasteiger partial charge in [0.25, 0.3) is 0 Å². The van der Waals surface area contributed by atoms with Gasteiger partial charge in [0.05, 0.1) is 12.4 Å². The fourth-order valence-electron chi connectivity index (χ4n) is 1.91. The van der Waals surface area contributed by atoms with E-state index in [0.717, 1.165) is 17.1 Å². The Labute approximate surface area is 102 Å². The summed E-state index contributed by atoms with van der Waals surface area (Å²) in [5.74, 6) is -1.21. The molecule has 0 amide bonds. The predicted molar refractivity (Wildman–Crippen MR) is 62.3 cm³/mol. The van der Waals surface area contributed by atoms with E-state index < -0.39 is 22.0 Å². The summed E-state index contributed by atoms with van der Waals surface area (Å²) >= 11 is 0. The molecule has 1 rings (SSSR count). The van der Waals surface area contributed by atoms with Gasteiger partial charge in [-0.25, -0.2) is 8.42 Å². The molecule has 0 aromatic heterocycles. The SMILES string of the molecule is CCOCCS(=O)(=O)N1CCCC[C@@H]1C(=O)O. The van der Waals surface area contributed by atoms with Gasteiger partial charge in [0.2, 0.25) is 10.0 Å². The zero-order valence-corrected chi connectivity index (χ0v) is 10.8. The van der Waals surface area contributed by atoms with Crippen molar-refractivity contribution in [3.05, 3.63) is 0 Å². The van der Waals surface area contributed by atoms with Crippen molar-refractivity contribution < 1.29 is 23.1 Å². The minimum absolute atomic E-state index is 0.113. The molecule has 0 spiro atoms. The molecule has 0 aromatic rings. The van der Waals surface area contributed by atoms with E-state index in [-0.39, 0.29) is 12.4 Å².